The summed E-state index contributed by atoms with van der Waals surface area (Å²) >= 11 is 0. The molecule has 2 aromatic heterocycles. The Morgan fingerprint density at radius 1 is 1.35 bits per heavy atom. The first kappa shape index (κ1) is 14.7. The fourth-order valence-electron chi connectivity index (χ4n) is 2.35. The number of aromatic nitrogens is 4. The molecule has 0 saturated carbocycles. The molecule has 6 heteroatoms. The largest absolute Gasteiger partial charge is 0.372 e. The molecular formula is C14H24N6. The van der Waals surface area contributed by atoms with Crippen molar-refractivity contribution in [1.82, 2.24) is 24.6 Å². The minimum atomic E-state index is 0.531. The number of rotatable bonds is 6. The van der Waals surface area contributed by atoms with Crippen molar-refractivity contribution in [3.63, 3.8) is 0 Å². The van der Waals surface area contributed by atoms with E-state index in [1.165, 1.54) is 0 Å². The molecule has 0 spiro atoms. The van der Waals surface area contributed by atoms with E-state index in [0.29, 0.717) is 6.04 Å². The maximum Gasteiger partial charge on any atom is 0.163 e. The molecule has 0 amide bonds. The molecule has 0 aromatic carbocycles. The average Bonchev–Trinajstić information content (AvgIpc) is 2.84. The third-order valence-corrected chi connectivity index (χ3v) is 3.84. The number of fused-ring (bicyclic) bond motifs is 1. The third kappa shape index (κ3) is 2.75. The van der Waals surface area contributed by atoms with Gasteiger partial charge in [-0.15, -0.1) is 0 Å². The van der Waals surface area contributed by atoms with E-state index >= 15 is 0 Å². The molecule has 1 unspecified atom stereocenters. The van der Waals surface area contributed by atoms with Gasteiger partial charge in [0.25, 0.3) is 0 Å². The van der Waals surface area contributed by atoms with Crippen LogP contribution in [0.3, 0.4) is 0 Å². The molecule has 2 aromatic rings. The molecule has 0 aliphatic carbocycles. The standard InChI is InChI=1S/C14H24N6/c1-6-10(3)20(7-2)9-12-17-13(15-4)11-8-16-19(5)14(11)18-12/h8,10H,6-7,9H2,1-5H3,(H,15,17,18). The summed E-state index contributed by atoms with van der Waals surface area (Å²) < 4.78 is 1.79. The molecule has 110 valence electrons. The Bertz CT molecular complexity index is 576. The molecule has 20 heavy (non-hydrogen) atoms. The van der Waals surface area contributed by atoms with E-state index in [1.54, 1.807) is 10.9 Å². The van der Waals surface area contributed by atoms with Crippen molar-refractivity contribution in [1.29, 1.82) is 0 Å². The van der Waals surface area contributed by atoms with Crippen LogP contribution in [-0.4, -0.2) is 44.3 Å². The van der Waals surface area contributed by atoms with E-state index in [-0.39, 0.29) is 0 Å². The summed E-state index contributed by atoms with van der Waals surface area (Å²) in [5.74, 6) is 1.69. The van der Waals surface area contributed by atoms with E-state index in [1.807, 2.05) is 14.1 Å². The lowest BCUT2D eigenvalue weighted by atomic mass is 10.2. The zero-order valence-corrected chi connectivity index (χ0v) is 13.0. The van der Waals surface area contributed by atoms with Crippen molar-refractivity contribution in [2.24, 2.45) is 7.05 Å². The van der Waals surface area contributed by atoms with Crippen LogP contribution < -0.4 is 5.32 Å². The summed E-state index contributed by atoms with van der Waals surface area (Å²) in [6.07, 6.45) is 2.93. The molecule has 2 heterocycles. The van der Waals surface area contributed by atoms with Gasteiger partial charge in [-0.05, 0) is 19.9 Å². The fourth-order valence-corrected chi connectivity index (χ4v) is 2.35. The van der Waals surface area contributed by atoms with E-state index in [2.05, 4.69) is 46.1 Å². The third-order valence-electron chi connectivity index (χ3n) is 3.84. The number of nitrogens with zero attached hydrogens (tertiary/aromatic N) is 5. The number of hydrogen-bond donors (Lipinski definition) is 1. The van der Waals surface area contributed by atoms with E-state index < -0.39 is 0 Å². The fraction of sp³-hybridized carbons (Fsp3) is 0.643. The van der Waals surface area contributed by atoms with Crippen LogP contribution >= 0.6 is 0 Å². The van der Waals surface area contributed by atoms with Gasteiger partial charge in [0.1, 0.15) is 11.6 Å². The highest BCUT2D eigenvalue weighted by Crippen LogP contribution is 2.20. The van der Waals surface area contributed by atoms with Crippen LogP contribution in [0.15, 0.2) is 6.20 Å². The van der Waals surface area contributed by atoms with Crippen molar-refractivity contribution in [3.05, 3.63) is 12.0 Å². The molecule has 0 bridgehead atoms. The van der Waals surface area contributed by atoms with Crippen LogP contribution in [0, 0.1) is 0 Å². The molecule has 1 atom stereocenters. The van der Waals surface area contributed by atoms with Crippen LogP contribution in [0.2, 0.25) is 0 Å². The number of aryl methyl sites for hydroxylation is 1. The minimum absolute atomic E-state index is 0.531. The summed E-state index contributed by atoms with van der Waals surface area (Å²) in [7, 11) is 3.79. The SMILES string of the molecule is CCC(C)N(CC)Cc1nc(NC)c2cnn(C)c2n1. The zero-order chi connectivity index (χ0) is 14.7. The second-order valence-corrected chi connectivity index (χ2v) is 5.06. The molecule has 2 rings (SSSR count). The summed E-state index contributed by atoms with van der Waals surface area (Å²) in [6, 6.07) is 0.531. The van der Waals surface area contributed by atoms with Gasteiger partial charge in [0.2, 0.25) is 0 Å². The Labute approximate surface area is 120 Å². The highest BCUT2D eigenvalue weighted by atomic mass is 15.3. The smallest absolute Gasteiger partial charge is 0.163 e. The first-order valence-corrected chi connectivity index (χ1v) is 7.21. The van der Waals surface area contributed by atoms with Crippen molar-refractivity contribution in [2.45, 2.75) is 39.8 Å². The summed E-state index contributed by atoms with van der Waals surface area (Å²) in [4.78, 5) is 11.7. The van der Waals surface area contributed by atoms with Gasteiger partial charge in [-0.2, -0.15) is 5.10 Å². The van der Waals surface area contributed by atoms with Crippen molar-refractivity contribution in [2.75, 3.05) is 18.9 Å². The average molecular weight is 276 g/mol. The van der Waals surface area contributed by atoms with Crippen molar-refractivity contribution in [3.8, 4) is 0 Å². The molecule has 0 radical (unpaired) electrons. The minimum Gasteiger partial charge on any atom is -0.372 e. The van der Waals surface area contributed by atoms with Gasteiger partial charge in [-0.1, -0.05) is 13.8 Å². The highest BCUT2D eigenvalue weighted by Gasteiger charge is 2.15. The normalized spacial score (nSPS) is 13.1. The number of hydrogen-bond acceptors (Lipinski definition) is 5. The topological polar surface area (TPSA) is 58.9 Å². The molecule has 0 aliphatic heterocycles. The number of anilines is 1. The van der Waals surface area contributed by atoms with Crippen LogP contribution in [0.4, 0.5) is 5.82 Å². The van der Waals surface area contributed by atoms with Crippen LogP contribution in [0.1, 0.15) is 33.0 Å². The molecule has 6 nitrogen and oxygen atoms in total. The maximum atomic E-state index is 4.66. The molecule has 0 fully saturated rings. The van der Waals surface area contributed by atoms with E-state index in [9.17, 15) is 0 Å². The highest BCUT2D eigenvalue weighted by molar-refractivity contribution is 5.86. The van der Waals surface area contributed by atoms with Crippen LogP contribution in [0.25, 0.3) is 11.0 Å². The van der Waals surface area contributed by atoms with E-state index in [0.717, 1.165) is 42.2 Å². The summed E-state index contributed by atoms with van der Waals surface area (Å²) in [5, 5.41) is 8.36. The first-order valence-electron chi connectivity index (χ1n) is 7.21. The lowest BCUT2D eigenvalue weighted by molar-refractivity contribution is 0.201. The Kier molecular flexibility index (Phi) is 4.54. The maximum absolute atomic E-state index is 4.66. The number of nitrogens with one attached hydrogen (secondary N) is 1. The summed E-state index contributed by atoms with van der Waals surface area (Å²) in [5.41, 5.74) is 0.875. The molecule has 0 aliphatic rings. The molecule has 1 N–H and O–H groups in total. The predicted molar refractivity (Wildman–Crippen MR) is 81.7 cm³/mol. The van der Waals surface area contributed by atoms with Crippen LogP contribution in [-0.2, 0) is 13.6 Å². The van der Waals surface area contributed by atoms with Gasteiger partial charge >= 0.3 is 0 Å². The van der Waals surface area contributed by atoms with Gasteiger partial charge in [0.05, 0.1) is 18.1 Å². The van der Waals surface area contributed by atoms with Gasteiger partial charge in [0.15, 0.2) is 5.65 Å². The quantitative estimate of drug-likeness (QED) is 0.874. The van der Waals surface area contributed by atoms with Crippen LogP contribution in [0.5, 0.6) is 0 Å². The Balaban J connectivity index is 2.36. The second kappa shape index (κ2) is 6.17. The Morgan fingerprint density at radius 2 is 2.10 bits per heavy atom. The van der Waals surface area contributed by atoms with Gasteiger partial charge in [-0.25, -0.2) is 9.97 Å². The lowest BCUT2D eigenvalue weighted by Gasteiger charge is -2.26. The van der Waals surface area contributed by atoms with Gasteiger partial charge in [0, 0.05) is 20.1 Å². The molecular weight excluding hydrogens is 252 g/mol. The van der Waals surface area contributed by atoms with Crippen molar-refractivity contribution >= 4 is 16.9 Å². The lowest BCUT2D eigenvalue weighted by Crippen LogP contribution is -2.32. The monoisotopic (exact) mass is 276 g/mol. The van der Waals surface area contributed by atoms with Gasteiger partial charge in [-0.3, -0.25) is 9.58 Å². The zero-order valence-electron chi connectivity index (χ0n) is 13.0. The van der Waals surface area contributed by atoms with E-state index in [4.69, 9.17) is 0 Å². The van der Waals surface area contributed by atoms with Crippen molar-refractivity contribution < 1.29 is 0 Å². The second-order valence-electron chi connectivity index (χ2n) is 5.06. The Morgan fingerprint density at radius 3 is 2.70 bits per heavy atom. The predicted octanol–water partition coefficient (Wildman–Crippen LogP) is 2.03. The first-order chi connectivity index (χ1) is 9.60. The molecule has 0 saturated heterocycles. The van der Waals surface area contributed by atoms with Gasteiger partial charge < -0.3 is 5.32 Å². The Hall–Kier alpha value is -1.69. The summed E-state index contributed by atoms with van der Waals surface area (Å²) in [6.45, 7) is 8.38.